The lowest BCUT2D eigenvalue weighted by Gasteiger charge is -2.32. The van der Waals surface area contributed by atoms with E-state index in [1.165, 1.54) is 0 Å². The number of piperidine rings is 1. The number of nitrogens with one attached hydrogen (secondary N) is 1. The van der Waals surface area contributed by atoms with Crippen molar-refractivity contribution >= 4 is 6.09 Å². The maximum absolute atomic E-state index is 12.1. The van der Waals surface area contributed by atoms with Gasteiger partial charge in [0.2, 0.25) is 0 Å². The van der Waals surface area contributed by atoms with Gasteiger partial charge < -0.3 is 9.64 Å². The smallest absolute Gasteiger partial charge is 0.410 e. The molecule has 1 aliphatic rings. The van der Waals surface area contributed by atoms with Gasteiger partial charge in [0.25, 0.3) is 0 Å². The van der Waals surface area contributed by atoms with E-state index >= 15 is 0 Å². The fourth-order valence-corrected chi connectivity index (χ4v) is 2.45. The number of hydrogen-bond acceptors (Lipinski definition) is 4. The molecule has 22 heavy (non-hydrogen) atoms. The Balaban J connectivity index is 1.92. The van der Waals surface area contributed by atoms with Gasteiger partial charge in [0.05, 0.1) is 0 Å². The lowest BCUT2D eigenvalue weighted by atomic mass is 9.95. The van der Waals surface area contributed by atoms with Crippen LogP contribution in [0.3, 0.4) is 0 Å². The molecule has 1 fully saturated rings. The van der Waals surface area contributed by atoms with Crippen LogP contribution in [-0.2, 0) is 10.2 Å². The number of hydrogen-bond donors (Lipinski definition) is 1. The second-order valence-electron chi connectivity index (χ2n) is 8.04. The second kappa shape index (κ2) is 5.89. The Morgan fingerprint density at radius 2 is 1.77 bits per heavy atom. The topological polar surface area (TPSA) is 71.1 Å². The third-order valence-electron chi connectivity index (χ3n) is 3.71. The number of ether oxygens (including phenoxy) is 1. The van der Waals surface area contributed by atoms with Crippen molar-refractivity contribution in [2.75, 3.05) is 13.1 Å². The van der Waals surface area contributed by atoms with Gasteiger partial charge in [0, 0.05) is 24.4 Å². The summed E-state index contributed by atoms with van der Waals surface area (Å²) in [7, 11) is 0. The number of aromatic nitrogens is 3. The molecule has 1 N–H and O–H groups in total. The first-order chi connectivity index (χ1) is 10.1. The van der Waals surface area contributed by atoms with Crippen molar-refractivity contribution in [3.05, 3.63) is 11.6 Å². The van der Waals surface area contributed by atoms with Crippen LogP contribution in [0.2, 0.25) is 0 Å². The molecule has 2 rings (SSSR count). The molecule has 2 heterocycles. The second-order valence-corrected chi connectivity index (χ2v) is 8.04. The number of amides is 1. The maximum Gasteiger partial charge on any atom is 0.410 e. The number of aromatic amines is 1. The van der Waals surface area contributed by atoms with Crippen molar-refractivity contribution in [2.24, 2.45) is 0 Å². The SMILES string of the molecule is CC(C)(C)OC(=O)N1CCC(c2nc(C(C)(C)C)n[nH]2)CC1. The molecule has 0 aliphatic carbocycles. The van der Waals surface area contributed by atoms with E-state index in [1.807, 2.05) is 20.8 Å². The summed E-state index contributed by atoms with van der Waals surface area (Å²) in [5, 5.41) is 7.39. The molecule has 0 atom stereocenters. The Labute approximate surface area is 132 Å². The first kappa shape index (κ1) is 16.8. The molecular weight excluding hydrogens is 280 g/mol. The van der Waals surface area contributed by atoms with E-state index in [0.717, 1.165) is 24.5 Å². The van der Waals surface area contributed by atoms with E-state index in [4.69, 9.17) is 4.74 Å². The standard InChI is InChI=1S/C16H28N4O2/c1-15(2,3)13-17-12(18-19-13)11-7-9-20(10-8-11)14(21)22-16(4,5)6/h11H,7-10H2,1-6H3,(H,17,18,19). The lowest BCUT2D eigenvalue weighted by molar-refractivity contribution is 0.0203. The van der Waals surface area contributed by atoms with Crippen molar-refractivity contribution in [3.63, 3.8) is 0 Å². The first-order valence-electron chi connectivity index (χ1n) is 7.97. The van der Waals surface area contributed by atoms with E-state index in [1.54, 1.807) is 4.90 Å². The predicted molar refractivity (Wildman–Crippen MR) is 84.9 cm³/mol. The Bertz CT molecular complexity index is 517. The quantitative estimate of drug-likeness (QED) is 0.864. The molecule has 1 aromatic rings. The van der Waals surface area contributed by atoms with Crippen LogP contribution < -0.4 is 0 Å². The van der Waals surface area contributed by atoms with E-state index < -0.39 is 5.60 Å². The van der Waals surface area contributed by atoms with Crippen molar-refractivity contribution in [2.45, 2.75) is 71.3 Å². The number of H-pyrrole nitrogens is 1. The van der Waals surface area contributed by atoms with Crippen LogP contribution in [0.5, 0.6) is 0 Å². The highest BCUT2D eigenvalue weighted by molar-refractivity contribution is 5.68. The Morgan fingerprint density at radius 3 is 2.23 bits per heavy atom. The average Bonchev–Trinajstić information content (AvgIpc) is 2.86. The van der Waals surface area contributed by atoms with Crippen molar-refractivity contribution in [1.82, 2.24) is 20.1 Å². The fraction of sp³-hybridized carbons (Fsp3) is 0.812. The molecule has 0 saturated carbocycles. The number of rotatable bonds is 1. The molecular formula is C16H28N4O2. The monoisotopic (exact) mass is 308 g/mol. The highest BCUT2D eigenvalue weighted by atomic mass is 16.6. The van der Waals surface area contributed by atoms with Gasteiger partial charge >= 0.3 is 6.09 Å². The Hall–Kier alpha value is -1.59. The summed E-state index contributed by atoms with van der Waals surface area (Å²) < 4.78 is 5.42. The number of likely N-dealkylation sites (tertiary alicyclic amines) is 1. The molecule has 0 bridgehead atoms. The Morgan fingerprint density at radius 1 is 1.18 bits per heavy atom. The average molecular weight is 308 g/mol. The van der Waals surface area contributed by atoms with E-state index in [9.17, 15) is 4.79 Å². The van der Waals surface area contributed by atoms with Gasteiger partial charge in [-0.25, -0.2) is 9.78 Å². The van der Waals surface area contributed by atoms with Crippen LogP contribution in [0.25, 0.3) is 0 Å². The summed E-state index contributed by atoms with van der Waals surface area (Å²) in [6.07, 6.45) is 1.55. The third-order valence-corrected chi connectivity index (χ3v) is 3.71. The van der Waals surface area contributed by atoms with Crippen LogP contribution in [0.1, 0.15) is 72.0 Å². The van der Waals surface area contributed by atoms with Gasteiger partial charge in [-0.1, -0.05) is 20.8 Å². The van der Waals surface area contributed by atoms with Crippen LogP contribution in [-0.4, -0.2) is 44.9 Å². The van der Waals surface area contributed by atoms with Gasteiger partial charge in [-0.3, -0.25) is 5.10 Å². The number of carbonyl (C=O) groups is 1. The largest absolute Gasteiger partial charge is 0.444 e. The summed E-state index contributed by atoms with van der Waals surface area (Å²) in [5.41, 5.74) is -0.494. The van der Waals surface area contributed by atoms with Gasteiger partial charge in [-0.2, -0.15) is 5.10 Å². The highest BCUT2D eigenvalue weighted by Crippen LogP contribution is 2.28. The molecule has 0 aromatic carbocycles. The predicted octanol–water partition coefficient (Wildman–Crippen LogP) is 3.22. The highest BCUT2D eigenvalue weighted by Gasteiger charge is 2.29. The summed E-state index contributed by atoms with van der Waals surface area (Å²) in [5.74, 6) is 2.12. The lowest BCUT2D eigenvalue weighted by Crippen LogP contribution is -2.41. The molecule has 6 heteroatoms. The third kappa shape index (κ3) is 4.21. The number of carbonyl (C=O) groups excluding carboxylic acids is 1. The molecule has 1 aromatic heterocycles. The summed E-state index contributed by atoms with van der Waals surface area (Å²) in [6.45, 7) is 13.4. The zero-order valence-electron chi connectivity index (χ0n) is 14.6. The van der Waals surface area contributed by atoms with Gasteiger partial charge in [0.1, 0.15) is 11.4 Å². The normalized spacial score (nSPS) is 17.6. The summed E-state index contributed by atoms with van der Waals surface area (Å²) >= 11 is 0. The minimum absolute atomic E-state index is 0.0496. The zero-order chi connectivity index (χ0) is 16.5. The zero-order valence-corrected chi connectivity index (χ0v) is 14.6. The van der Waals surface area contributed by atoms with Gasteiger partial charge in [-0.05, 0) is 33.6 Å². The minimum Gasteiger partial charge on any atom is -0.444 e. The van der Waals surface area contributed by atoms with Crippen LogP contribution in [0.15, 0.2) is 0 Å². The van der Waals surface area contributed by atoms with Crippen molar-refractivity contribution in [3.8, 4) is 0 Å². The molecule has 1 aliphatic heterocycles. The van der Waals surface area contributed by atoms with E-state index in [-0.39, 0.29) is 11.5 Å². The van der Waals surface area contributed by atoms with Crippen LogP contribution in [0.4, 0.5) is 4.79 Å². The summed E-state index contributed by atoms with van der Waals surface area (Å²) in [4.78, 5) is 18.5. The van der Waals surface area contributed by atoms with E-state index in [0.29, 0.717) is 19.0 Å². The molecule has 124 valence electrons. The van der Waals surface area contributed by atoms with E-state index in [2.05, 4.69) is 36.0 Å². The molecule has 0 unspecified atom stereocenters. The van der Waals surface area contributed by atoms with Crippen molar-refractivity contribution in [1.29, 1.82) is 0 Å². The molecule has 0 spiro atoms. The molecule has 6 nitrogen and oxygen atoms in total. The maximum atomic E-state index is 12.1. The minimum atomic E-state index is -0.444. The van der Waals surface area contributed by atoms with Gasteiger partial charge in [-0.15, -0.1) is 0 Å². The molecule has 0 radical (unpaired) electrons. The fourth-order valence-electron chi connectivity index (χ4n) is 2.45. The van der Waals surface area contributed by atoms with Gasteiger partial charge in [0.15, 0.2) is 5.82 Å². The van der Waals surface area contributed by atoms with Crippen LogP contribution >= 0.6 is 0 Å². The summed E-state index contributed by atoms with van der Waals surface area (Å²) in [6, 6.07) is 0. The first-order valence-corrected chi connectivity index (χ1v) is 7.97. The molecule has 1 amide bonds. The number of nitrogens with zero attached hydrogens (tertiary/aromatic N) is 3. The molecule has 1 saturated heterocycles. The van der Waals surface area contributed by atoms with Crippen LogP contribution in [0, 0.1) is 0 Å². The Kier molecular flexibility index (Phi) is 4.49. The van der Waals surface area contributed by atoms with Crippen molar-refractivity contribution < 1.29 is 9.53 Å².